The molecule has 0 bridgehead atoms. The number of hydrogen-bond donors (Lipinski definition) is 0. The molecule has 1 aliphatic carbocycles. The number of benzene rings is 1. The summed E-state index contributed by atoms with van der Waals surface area (Å²) in [5.41, 5.74) is 8.99. The molecular formula is C30H46N+. The molecule has 170 valence electrons. The van der Waals surface area contributed by atoms with Gasteiger partial charge in [-0.25, -0.2) is 4.57 Å². The van der Waals surface area contributed by atoms with Crippen molar-refractivity contribution in [1.29, 1.82) is 0 Å². The van der Waals surface area contributed by atoms with Crippen molar-refractivity contribution in [2.75, 3.05) is 0 Å². The fourth-order valence-corrected chi connectivity index (χ4v) is 5.51. The van der Waals surface area contributed by atoms with Crippen LogP contribution in [-0.2, 0) is 23.3 Å². The molecule has 1 aliphatic rings. The molecule has 1 nitrogen and oxygen atoms in total. The smallest absolute Gasteiger partial charge is 0.201 e. The SMILES string of the molecule is Cc1cc(C(C)(C)C)ccc1-c1cc(C(C)(C)C)c(C(C)(C)C2CCCCC2)c[n+]1C. The second-order valence-electron chi connectivity index (χ2n) is 12.7. The molecule has 1 aromatic carbocycles. The Hall–Kier alpha value is -1.63. The van der Waals surface area contributed by atoms with E-state index in [0.717, 1.165) is 5.92 Å². The Morgan fingerprint density at radius 1 is 0.774 bits per heavy atom. The van der Waals surface area contributed by atoms with Gasteiger partial charge < -0.3 is 0 Å². The predicted molar refractivity (Wildman–Crippen MR) is 135 cm³/mol. The topological polar surface area (TPSA) is 3.88 Å². The van der Waals surface area contributed by atoms with Crippen LogP contribution in [-0.4, -0.2) is 0 Å². The van der Waals surface area contributed by atoms with Gasteiger partial charge in [0.1, 0.15) is 7.05 Å². The van der Waals surface area contributed by atoms with Gasteiger partial charge in [0.05, 0.1) is 0 Å². The molecule has 0 radical (unpaired) electrons. The Morgan fingerprint density at radius 3 is 1.90 bits per heavy atom. The second-order valence-corrected chi connectivity index (χ2v) is 12.7. The van der Waals surface area contributed by atoms with E-state index < -0.39 is 0 Å². The molecule has 1 aromatic heterocycles. The number of pyridine rings is 1. The van der Waals surface area contributed by atoms with Gasteiger partial charge in [-0.1, -0.05) is 86.8 Å². The average Bonchev–Trinajstić information content (AvgIpc) is 2.67. The van der Waals surface area contributed by atoms with Crippen LogP contribution in [0.25, 0.3) is 11.3 Å². The highest BCUT2D eigenvalue weighted by Gasteiger charge is 2.38. The zero-order chi connectivity index (χ0) is 23.2. The normalized spacial score (nSPS) is 16.6. The molecule has 0 atom stereocenters. The maximum atomic E-state index is 2.50. The Bertz CT molecular complexity index is 928. The molecule has 1 fully saturated rings. The molecule has 0 spiro atoms. The van der Waals surface area contributed by atoms with E-state index >= 15 is 0 Å². The van der Waals surface area contributed by atoms with Gasteiger partial charge in [0.25, 0.3) is 0 Å². The molecule has 0 N–H and O–H groups in total. The van der Waals surface area contributed by atoms with Crippen molar-refractivity contribution >= 4 is 0 Å². The highest BCUT2D eigenvalue weighted by molar-refractivity contribution is 5.63. The summed E-state index contributed by atoms with van der Waals surface area (Å²) >= 11 is 0. The Morgan fingerprint density at radius 2 is 1.39 bits per heavy atom. The summed E-state index contributed by atoms with van der Waals surface area (Å²) in [4.78, 5) is 0. The third-order valence-corrected chi connectivity index (χ3v) is 7.77. The summed E-state index contributed by atoms with van der Waals surface area (Å²) in [6.45, 7) is 21.3. The maximum Gasteiger partial charge on any atom is 0.212 e. The van der Waals surface area contributed by atoms with Crippen molar-refractivity contribution in [2.45, 2.75) is 111 Å². The van der Waals surface area contributed by atoms with Crippen molar-refractivity contribution in [3.05, 3.63) is 52.7 Å². The van der Waals surface area contributed by atoms with Gasteiger partial charge in [0.15, 0.2) is 6.20 Å². The Kier molecular flexibility index (Phi) is 6.49. The lowest BCUT2D eigenvalue weighted by atomic mass is 9.64. The summed E-state index contributed by atoms with van der Waals surface area (Å²) < 4.78 is 2.38. The fraction of sp³-hybridized carbons (Fsp3) is 0.633. The van der Waals surface area contributed by atoms with Crippen LogP contribution in [0.15, 0.2) is 30.5 Å². The zero-order valence-corrected chi connectivity index (χ0v) is 21.9. The summed E-state index contributed by atoms with van der Waals surface area (Å²) in [5, 5.41) is 0. The Balaban J connectivity index is 2.16. The largest absolute Gasteiger partial charge is 0.212 e. The van der Waals surface area contributed by atoms with Crippen LogP contribution in [0.5, 0.6) is 0 Å². The van der Waals surface area contributed by atoms with Gasteiger partial charge in [-0.15, -0.1) is 0 Å². The minimum absolute atomic E-state index is 0.115. The zero-order valence-electron chi connectivity index (χ0n) is 21.9. The van der Waals surface area contributed by atoms with Crippen LogP contribution in [0.4, 0.5) is 0 Å². The molecule has 1 heterocycles. The number of nitrogens with zero attached hydrogens (tertiary/aromatic N) is 1. The van der Waals surface area contributed by atoms with E-state index in [1.807, 2.05) is 0 Å². The molecule has 2 aromatic rings. The van der Waals surface area contributed by atoms with E-state index in [9.17, 15) is 0 Å². The molecule has 31 heavy (non-hydrogen) atoms. The first kappa shape index (κ1) is 24.0. The minimum atomic E-state index is 0.115. The Labute approximate surface area is 192 Å². The minimum Gasteiger partial charge on any atom is -0.201 e. The average molecular weight is 421 g/mol. The van der Waals surface area contributed by atoms with Gasteiger partial charge in [-0.2, -0.15) is 0 Å². The molecule has 0 aliphatic heterocycles. The quantitative estimate of drug-likeness (QED) is 0.444. The number of rotatable bonds is 3. The van der Waals surface area contributed by atoms with E-state index in [2.05, 4.69) is 104 Å². The summed E-state index contributed by atoms with van der Waals surface area (Å²) in [7, 11) is 2.24. The molecule has 0 unspecified atom stereocenters. The summed E-state index contributed by atoms with van der Waals surface area (Å²) in [6.07, 6.45) is 9.40. The van der Waals surface area contributed by atoms with E-state index in [-0.39, 0.29) is 16.2 Å². The van der Waals surface area contributed by atoms with Crippen LogP contribution in [0.1, 0.15) is 110 Å². The lowest BCUT2D eigenvalue weighted by Crippen LogP contribution is -2.40. The lowest BCUT2D eigenvalue weighted by Gasteiger charge is -2.39. The number of aryl methyl sites for hydroxylation is 2. The van der Waals surface area contributed by atoms with E-state index in [1.54, 1.807) is 5.56 Å². The third-order valence-electron chi connectivity index (χ3n) is 7.77. The maximum absolute atomic E-state index is 2.50. The van der Waals surface area contributed by atoms with E-state index in [4.69, 9.17) is 0 Å². The molecule has 0 saturated heterocycles. The van der Waals surface area contributed by atoms with Crippen molar-refractivity contribution in [3.8, 4) is 11.3 Å². The van der Waals surface area contributed by atoms with Gasteiger partial charge in [0.2, 0.25) is 5.69 Å². The molecule has 1 heteroatoms. The molecule has 1 saturated carbocycles. The van der Waals surface area contributed by atoms with Crippen LogP contribution in [0, 0.1) is 12.8 Å². The van der Waals surface area contributed by atoms with Crippen molar-refractivity contribution in [3.63, 3.8) is 0 Å². The van der Waals surface area contributed by atoms with Gasteiger partial charge in [-0.05, 0) is 64.7 Å². The fourth-order valence-electron chi connectivity index (χ4n) is 5.51. The van der Waals surface area contributed by atoms with Crippen LogP contribution >= 0.6 is 0 Å². The predicted octanol–water partition coefficient (Wildman–Crippen LogP) is 7.94. The number of hydrogen-bond acceptors (Lipinski definition) is 0. The van der Waals surface area contributed by atoms with Crippen molar-refractivity contribution in [1.82, 2.24) is 0 Å². The highest BCUT2D eigenvalue weighted by atomic mass is 14.9. The van der Waals surface area contributed by atoms with E-state index in [1.165, 1.54) is 60.1 Å². The first-order valence-corrected chi connectivity index (χ1v) is 12.4. The molecular weight excluding hydrogens is 374 g/mol. The summed E-state index contributed by atoms with van der Waals surface area (Å²) in [6, 6.07) is 9.54. The second kappa shape index (κ2) is 8.38. The lowest BCUT2D eigenvalue weighted by molar-refractivity contribution is -0.661. The van der Waals surface area contributed by atoms with Gasteiger partial charge in [0, 0.05) is 17.2 Å². The highest BCUT2D eigenvalue weighted by Crippen LogP contribution is 2.44. The van der Waals surface area contributed by atoms with Crippen molar-refractivity contribution in [2.24, 2.45) is 13.0 Å². The monoisotopic (exact) mass is 420 g/mol. The first-order chi connectivity index (χ1) is 14.2. The molecule has 0 amide bonds. The van der Waals surface area contributed by atoms with Crippen LogP contribution in [0.2, 0.25) is 0 Å². The van der Waals surface area contributed by atoms with Gasteiger partial charge >= 0.3 is 0 Å². The van der Waals surface area contributed by atoms with Crippen LogP contribution < -0.4 is 4.57 Å². The third kappa shape index (κ3) is 4.91. The van der Waals surface area contributed by atoms with Crippen molar-refractivity contribution < 1.29 is 4.57 Å². The van der Waals surface area contributed by atoms with Gasteiger partial charge in [-0.3, -0.25) is 0 Å². The van der Waals surface area contributed by atoms with E-state index in [0.29, 0.717) is 0 Å². The standard InChI is InChI=1S/C30H46N/c1-21-18-23(28(2,3)4)16-17-24(21)27-19-25(29(5,6)7)26(20-31(27)10)30(8,9)22-14-12-11-13-15-22/h16-20,22H,11-15H2,1-10H3/q+1. The molecule has 3 rings (SSSR count). The number of aromatic nitrogens is 1. The van der Waals surface area contributed by atoms with Crippen LogP contribution in [0.3, 0.4) is 0 Å². The first-order valence-electron chi connectivity index (χ1n) is 12.4. The summed E-state index contributed by atoms with van der Waals surface area (Å²) in [5.74, 6) is 0.779.